The van der Waals surface area contributed by atoms with Crippen molar-refractivity contribution >= 4 is 11.6 Å². The van der Waals surface area contributed by atoms with Gasteiger partial charge in [-0.2, -0.15) is 18.3 Å². The molecule has 7 heteroatoms. The lowest BCUT2D eigenvalue weighted by Crippen LogP contribution is -2.16. The van der Waals surface area contributed by atoms with Crippen molar-refractivity contribution in [2.45, 2.75) is 19.0 Å². The largest absolute Gasteiger partial charge is 0.389 e. The van der Waals surface area contributed by atoms with Crippen molar-refractivity contribution in [3.63, 3.8) is 0 Å². The zero-order valence-electron chi connectivity index (χ0n) is 10.4. The lowest BCUT2D eigenvalue weighted by Gasteiger charge is -2.09. The molecule has 0 unspecified atom stereocenters. The maximum atomic E-state index is 12.0. The first-order chi connectivity index (χ1) is 9.44. The number of carbonyl (C=O) groups excluding carboxylic acids is 1. The van der Waals surface area contributed by atoms with E-state index in [0.717, 1.165) is 0 Å². The summed E-state index contributed by atoms with van der Waals surface area (Å²) in [6.45, 7) is 0. The number of nitrogens with one attached hydrogen (secondary N) is 1. The smallest absolute Gasteiger partial charge is 0.326 e. The van der Waals surface area contributed by atoms with Gasteiger partial charge in [0.2, 0.25) is 5.91 Å². The maximum absolute atomic E-state index is 12.0. The number of hydrogen-bond donors (Lipinski definition) is 1. The minimum Gasteiger partial charge on any atom is -0.326 e. The van der Waals surface area contributed by atoms with Crippen LogP contribution in [-0.2, 0) is 4.79 Å². The first kappa shape index (κ1) is 14.1. The quantitative estimate of drug-likeness (QED) is 0.937. The molecule has 0 aliphatic rings. The zero-order chi connectivity index (χ0) is 14.6. The fraction of sp³-hybridized carbons (Fsp3) is 0.231. The number of anilines is 1. The highest BCUT2D eigenvalue weighted by Crippen LogP contribution is 2.22. The van der Waals surface area contributed by atoms with Crippen LogP contribution in [0.15, 0.2) is 42.7 Å². The predicted octanol–water partition coefficient (Wildman–Crippen LogP) is 3.15. The van der Waals surface area contributed by atoms with Crippen LogP contribution in [0.2, 0.25) is 0 Å². The number of hydrogen-bond acceptors (Lipinski definition) is 2. The number of amides is 1. The van der Waals surface area contributed by atoms with Gasteiger partial charge in [-0.1, -0.05) is 6.07 Å². The van der Waals surface area contributed by atoms with Crippen LogP contribution in [0.25, 0.3) is 5.69 Å². The van der Waals surface area contributed by atoms with Gasteiger partial charge in [0, 0.05) is 24.5 Å². The molecular formula is C13H12F3N3O. The third kappa shape index (κ3) is 4.11. The second-order valence-electron chi connectivity index (χ2n) is 4.16. The maximum Gasteiger partial charge on any atom is 0.389 e. The van der Waals surface area contributed by atoms with E-state index in [-0.39, 0.29) is 0 Å². The van der Waals surface area contributed by atoms with Crippen LogP contribution in [0, 0.1) is 0 Å². The van der Waals surface area contributed by atoms with Gasteiger partial charge in [0.05, 0.1) is 12.1 Å². The Hall–Kier alpha value is -2.31. The molecule has 2 rings (SSSR count). The highest BCUT2D eigenvalue weighted by atomic mass is 19.4. The van der Waals surface area contributed by atoms with E-state index < -0.39 is 24.9 Å². The second kappa shape index (κ2) is 5.77. The minimum absolute atomic E-state index is 0.435. The molecule has 1 aromatic carbocycles. The number of rotatable bonds is 4. The summed E-state index contributed by atoms with van der Waals surface area (Å²) in [6.07, 6.45) is -2.71. The van der Waals surface area contributed by atoms with Crippen molar-refractivity contribution in [3.05, 3.63) is 42.7 Å². The van der Waals surface area contributed by atoms with Crippen LogP contribution < -0.4 is 5.32 Å². The Bertz CT molecular complexity index is 579. The molecule has 2 aromatic rings. The summed E-state index contributed by atoms with van der Waals surface area (Å²) < 4.78 is 37.6. The topological polar surface area (TPSA) is 46.9 Å². The van der Waals surface area contributed by atoms with Crippen molar-refractivity contribution in [2.24, 2.45) is 0 Å². The van der Waals surface area contributed by atoms with Crippen molar-refractivity contribution in [1.82, 2.24) is 9.78 Å². The summed E-state index contributed by atoms with van der Waals surface area (Å²) in [5.41, 5.74) is 1.15. The molecule has 1 amide bonds. The molecule has 4 nitrogen and oxygen atoms in total. The van der Waals surface area contributed by atoms with E-state index in [2.05, 4.69) is 10.4 Å². The SMILES string of the molecule is O=C(CCC(F)(F)F)Nc1cccc(-n2cccn2)c1. The monoisotopic (exact) mass is 283 g/mol. The van der Waals surface area contributed by atoms with Crippen LogP contribution in [0.4, 0.5) is 18.9 Å². The van der Waals surface area contributed by atoms with Gasteiger partial charge in [0.25, 0.3) is 0 Å². The van der Waals surface area contributed by atoms with E-state index in [1.165, 1.54) is 0 Å². The van der Waals surface area contributed by atoms with E-state index >= 15 is 0 Å². The summed E-state index contributed by atoms with van der Waals surface area (Å²) in [7, 11) is 0. The average Bonchev–Trinajstić information content (AvgIpc) is 2.90. The number of alkyl halides is 3. The van der Waals surface area contributed by atoms with Gasteiger partial charge in [0.15, 0.2) is 0 Å². The van der Waals surface area contributed by atoms with E-state index in [4.69, 9.17) is 0 Å². The Morgan fingerprint density at radius 3 is 2.75 bits per heavy atom. The van der Waals surface area contributed by atoms with Gasteiger partial charge in [-0.05, 0) is 24.3 Å². The fourth-order valence-corrected chi connectivity index (χ4v) is 1.63. The van der Waals surface area contributed by atoms with Crippen molar-refractivity contribution < 1.29 is 18.0 Å². The number of aromatic nitrogens is 2. The highest BCUT2D eigenvalue weighted by Gasteiger charge is 2.27. The molecule has 0 spiro atoms. The van der Waals surface area contributed by atoms with E-state index in [1.807, 2.05) is 0 Å². The first-order valence-corrected chi connectivity index (χ1v) is 5.91. The third-order valence-electron chi connectivity index (χ3n) is 2.53. The molecule has 106 valence electrons. The molecule has 0 bridgehead atoms. The number of carbonyl (C=O) groups is 1. The van der Waals surface area contributed by atoms with Crippen LogP contribution in [0.1, 0.15) is 12.8 Å². The summed E-state index contributed by atoms with van der Waals surface area (Å²) in [5.74, 6) is -0.667. The number of halogens is 3. The number of benzene rings is 1. The molecule has 1 N–H and O–H groups in total. The molecule has 0 radical (unpaired) electrons. The molecule has 0 saturated heterocycles. The molecular weight excluding hydrogens is 271 g/mol. The summed E-state index contributed by atoms with van der Waals surface area (Å²) in [4.78, 5) is 11.4. The molecule has 0 aliphatic carbocycles. The molecule has 1 aromatic heterocycles. The Morgan fingerprint density at radius 2 is 2.10 bits per heavy atom. The fourth-order valence-electron chi connectivity index (χ4n) is 1.63. The van der Waals surface area contributed by atoms with Crippen molar-refractivity contribution in [3.8, 4) is 5.69 Å². The van der Waals surface area contributed by atoms with Gasteiger partial charge in [-0.3, -0.25) is 4.79 Å². The molecule has 0 atom stereocenters. The highest BCUT2D eigenvalue weighted by molar-refractivity contribution is 5.90. The zero-order valence-corrected chi connectivity index (χ0v) is 10.4. The molecule has 0 fully saturated rings. The van der Waals surface area contributed by atoms with Crippen LogP contribution in [0.5, 0.6) is 0 Å². The van der Waals surface area contributed by atoms with Gasteiger partial charge < -0.3 is 5.32 Å². The van der Waals surface area contributed by atoms with Gasteiger partial charge in [-0.15, -0.1) is 0 Å². The Morgan fingerprint density at radius 1 is 1.30 bits per heavy atom. The third-order valence-corrected chi connectivity index (χ3v) is 2.53. The van der Waals surface area contributed by atoms with E-state index in [0.29, 0.717) is 11.4 Å². The molecule has 20 heavy (non-hydrogen) atoms. The van der Waals surface area contributed by atoms with Crippen LogP contribution >= 0.6 is 0 Å². The first-order valence-electron chi connectivity index (χ1n) is 5.91. The van der Waals surface area contributed by atoms with E-state index in [1.54, 1.807) is 47.4 Å². The Labute approximate surface area is 113 Å². The lowest BCUT2D eigenvalue weighted by molar-refractivity contribution is -0.142. The second-order valence-corrected chi connectivity index (χ2v) is 4.16. The van der Waals surface area contributed by atoms with Crippen molar-refractivity contribution in [1.29, 1.82) is 0 Å². The summed E-state index contributed by atoms with van der Waals surface area (Å²) in [5, 5.41) is 6.47. The average molecular weight is 283 g/mol. The summed E-state index contributed by atoms with van der Waals surface area (Å²) in [6, 6.07) is 8.46. The van der Waals surface area contributed by atoms with E-state index in [9.17, 15) is 18.0 Å². The van der Waals surface area contributed by atoms with Crippen LogP contribution in [0.3, 0.4) is 0 Å². The Balaban J connectivity index is 2.00. The lowest BCUT2D eigenvalue weighted by atomic mass is 10.2. The normalized spacial score (nSPS) is 11.3. The Kier molecular flexibility index (Phi) is 4.07. The standard InChI is InChI=1S/C13H12F3N3O/c14-13(15,16)6-5-12(20)18-10-3-1-4-11(9-10)19-8-2-7-17-19/h1-4,7-9H,5-6H2,(H,18,20). The van der Waals surface area contributed by atoms with Crippen LogP contribution in [-0.4, -0.2) is 21.9 Å². The predicted molar refractivity (Wildman–Crippen MR) is 67.5 cm³/mol. The summed E-state index contributed by atoms with van der Waals surface area (Å²) >= 11 is 0. The molecule has 0 saturated carbocycles. The van der Waals surface area contributed by atoms with Gasteiger partial charge in [0.1, 0.15) is 0 Å². The number of nitrogens with zero attached hydrogens (tertiary/aromatic N) is 2. The van der Waals surface area contributed by atoms with Crippen molar-refractivity contribution in [2.75, 3.05) is 5.32 Å². The van der Waals surface area contributed by atoms with Gasteiger partial charge >= 0.3 is 6.18 Å². The minimum atomic E-state index is -4.33. The molecule has 0 aliphatic heterocycles. The van der Waals surface area contributed by atoms with Gasteiger partial charge in [-0.25, -0.2) is 4.68 Å². The molecule has 1 heterocycles.